The SMILES string of the molecule is C#C/C=C(Cl)\C(=C/Cc1nc(OC)nc(-c2cc(CN)ccc2Cl)n1)C(C)C. The summed E-state index contributed by atoms with van der Waals surface area (Å²) < 4.78 is 5.24. The summed E-state index contributed by atoms with van der Waals surface area (Å²) >= 11 is 12.6. The second-order valence-corrected chi connectivity index (χ2v) is 7.07. The lowest BCUT2D eigenvalue weighted by Gasteiger charge is -2.11. The Morgan fingerprint density at radius 3 is 2.68 bits per heavy atom. The molecule has 0 amide bonds. The summed E-state index contributed by atoms with van der Waals surface area (Å²) in [6.07, 6.45) is 9.25. The predicted molar refractivity (Wildman–Crippen MR) is 114 cm³/mol. The van der Waals surface area contributed by atoms with Gasteiger partial charge in [-0.05, 0) is 29.2 Å². The molecule has 7 heteroatoms. The van der Waals surface area contributed by atoms with Crippen LogP contribution < -0.4 is 10.5 Å². The van der Waals surface area contributed by atoms with E-state index in [1.165, 1.54) is 13.2 Å². The van der Waals surface area contributed by atoms with Gasteiger partial charge in [-0.15, -0.1) is 6.42 Å². The molecule has 28 heavy (non-hydrogen) atoms. The van der Waals surface area contributed by atoms with E-state index in [0.717, 1.165) is 11.1 Å². The van der Waals surface area contributed by atoms with Gasteiger partial charge in [0.2, 0.25) is 0 Å². The molecule has 0 aliphatic heterocycles. The molecule has 1 aromatic carbocycles. The number of ether oxygens (including phenoxy) is 1. The second kappa shape index (κ2) is 10.2. The molecule has 0 aliphatic rings. The maximum atomic E-state index is 6.34. The zero-order valence-corrected chi connectivity index (χ0v) is 17.6. The van der Waals surface area contributed by atoms with E-state index >= 15 is 0 Å². The molecular formula is C21H22Cl2N4O. The molecule has 0 bridgehead atoms. The van der Waals surface area contributed by atoms with Gasteiger partial charge in [-0.2, -0.15) is 9.97 Å². The van der Waals surface area contributed by atoms with Crippen LogP contribution in [0.3, 0.4) is 0 Å². The van der Waals surface area contributed by atoms with Gasteiger partial charge in [-0.25, -0.2) is 4.98 Å². The van der Waals surface area contributed by atoms with E-state index in [1.807, 2.05) is 32.1 Å². The Balaban J connectivity index is 2.47. The Kier molecular flexibility index (Phi) is 8.01. The summed E-state index contributed by atoms with van der Waals surface area (Å²) in [6.45, 7) is 4.46. The lowest BCUT2D eigenvalue weighted by atomic mass is 10.0. The van der Waals surface area contributed by atoms with Gasteiger partial charge in [0, 0.05) is 24.6 Å². The number of terminal acetylenes is 1. The number of nitrogens with zero attached hydrogens (tertiary/aromatic N) is 3. The first-order valence-electron chi connectivity index (χ1n) is 8.69. The zero-order valence-electron chi connectivity index (χ0n) is 16.0. The van der Waals surface area contributed by atoms with Gasteiger partial charge in [0.1, 0.15) is 5.82 Å². The zero-order chi connectivity index (χ0) is 20.7. The third kappa shape index (κ3) is 5.56. The van der Waals surface area contributed by atoms with Crippen molar-refractivity contribution < 1.29 is 4.74 Å². The molecule has 0 spiro atoms. The number of hydrogen-bond acceptors (Lipinski definition) is 5. The van der Waals surface area contributed by atoms with Crippen molar-refractivity contribution in [1.29, 1.82) is 0 Å². The van der Waals surface area contributed by atoms with Crippen LogP contribution in [0.25, 0.3) is 11.4 Å². The standard InChI is InChI=1S/C21H22Cl2N4O/c1-5-6-17(22)15(13(2)3)8-10-19-25-20(27-21(26-19)28-4)16-11-14(12-24)7-9-18(16)23/h1,6-9,11,13H,10,12,24H2,2-4H3/b15-8-,17-6+. The summed E-state index contributed by atoms with van der Waals surface area (Å²) in [6, 6.07) is 5.71. The van der Waals surface area contributed by atoms with E-state index in [4.69, 9.17) is 40.1 Å². The molecule has 0 saturated carbocycles. The Morgan fingerprint density at radius 2 is 2.07 bits per heavy atom. The number of benzene rings is 1. The van der Waals surface area contributed by atoms with Crippen LogP contribution in [0.15, 0.2) is 41.0 Å². The van der Waals surface area contributed by atoms with E-state index in [2.05, 4.69) is 20.9 Å². The first-order valence-corrected chi connectivity index (χ1v) is 9.45. The first-order chi connectivity index (χ1) is 13.4. The van der Waals surface area contributed by atoms with Gasteiger partial charge in [0.25, 0.3) is 0 Å². The average Bonchev–Trinajstić information content (AvgIpc) is 2.68. The Bertz CT molecular complexity index is 946. The highest BCUT2D eigenvalue weighted by Gasteiger charge is 2.13. The van der Waals surface area contributed by atoms with Crippen LogP contribution in [-0.4, -0.2) is 22.1 Å². The third-order valence-corrected chi connectivity index (χ3v) is 4.62. The summed E-state index contributed by atoms with van der Waals surface area (Å²) in [5, 5.41) is 1.05. The minimum Gasteiger partial charge on any atom is -0.467 e. The molecule has 5 nitrogen and oxygen atoms in total. The van der Waals surface area contributed by atoms with Crippen molar-refractivity contribution in [2.45, 2.75) is 26.8 Å². The van der Waals surface area contributed by atoms with Crippen LogP contribution in [0.1, 0.15) is 25.2 Å². The number of hydrogen-bond donors (Lipinski definition) is 1. The fraction of sp³-hybridized carbons (Fsp3) is 0.286. The molecule has 0 atom stereocenters. The minimum absolute atomic E-state index is 0.191. The molecule has 146 valence electrons. The fourth-order valence-electron chi connectivity index (χ4n) is 2.54. The summed E-state index contributed by atoms with van der Waals surface area (Å²) in [7, 11) is 1.50. The highest BCUT2D eigenvalue weighted by molar-refractivity contribution is 6.33. The number of halogens is 2. The van der Waals surface area contributed by atoms with Crippen molar-refractivity contribution in [1.82, 2.24) is 15.0 Å². The average molecular weight is 417 g/mol. The minimum atomic E-state index is 0.191. The molecule has 0 unspecified atom stereocenters. The van der Waals surface area contributed by atoms with Crippen molar-refractivity contribution in [3.05, 3.63) is 57.4 Å². The van der Waals surface area contributed by atoms with Crippen LogP contribution in [0, 0.1) is 18.3 Å². The number of methoxy groups -OCH3 is 1. The molecule has 0 aliphatic carbocycles. The molecule has 0 saturated heterocycles. The number of aromatic nitrogens is 3. The third-order valence-electron chi connectivity index (χ3n) is 3.96. The number of nitrogens with two attached hydrogens (primary N) is 1. The van der Waals surface area contributed by atoms with Crippen LogP contribution in [0.2, 0.25) is 5.02 Å². The van der Waals surface area contributed by atoms with Crippen molar-refractivity contribution >= 4 is 23.2 Å². The van der Waals surface area contributed by atoms with Gasteiger partial charge in [0.15, 0.2) is 5.82 Å². The topological polar surface area (TPSA) is 73.9 Å². The van der Waals surface area contributed by atoms with E-state index in [-0.39, 0.29) is 11.9 Å². The van der Waals surface area contributed by atoms with E-state index in [1.54, 1.807) is 6.07 Å². The van der Waals surface area contributed by atoms with Gasteiger partial charge < -0.3 is 10.5 Å². The fourth-order valence-corrected chi connectivity index (χ4v) is 3.10. The van der Waals surface area contributed by atoms with Crippen molar-refractivity contribution in [2.75, 3.05) is 7.11 Å². The lowest BCUT2D eigenvalue weighted by Crippen LogP contribution is -2.05. The van der Waals surface area contributed by atoms with Gasteiger partial charge in [0.05, 0.1) is 17.2 Å². The highest BCUT2D eigenvalue weighted by Crippen LogP contribution is 2.28. The highest BCUT2D eigenvalue weighted by atomic mass is 35.5. The molecule has 2 rings (SSSR count). The second-order valence-electron chi connectivity index (χ2n) is 6.26. The Labute approximate surface area is 175 Å². The van der Waals surface area contributed by atoms with Crippen molar-refractivity contribution in [3.8, 4) is 29.7 Å². The maximum absolute atomic E-state index is 6.34. The Hall–Kier alpha value is -2.39. The predicted octanol–water partition coefficient (Wildman–Crippen LogP) is 4.54. The summed E-state index contributed by atoms with van der Waals surface area (Å²) in [4.78, 5) is 13.2. The molecular weight excluding hydrogens is 395 g/mol. The smallest absolute Gasteiger partial charge is 0.319 e. The van der Waals surface area contributed by atoms with E-state index in [9.17, 15) is 0 Å². The monoisotopic (exact) mass is 416 g/mol. The first kappa shape index (κ1) is 21.9. The molecule has 2 N–H and O–H groups in total. The quantitative estimate of drug-likeness (QED) is 0.529. The molecule has 1 heterocycles. The number of rotatable bonds is 7. The molecule has 2 aromatic rings. The van der Waals surface area contributed by atoms with E-state index in [0.29, 0.717) is 40.2 Å². The normalized spacial score (nSPS) is 12.2. The molecule has 0 fully saturated rings. The molecule has 1 aromatic heterocycles. The summed E-state index contributed by atoms with van der Waals surface area (Å²) in [5.41, 5.74) is 8.25. The lowest BCUT2D eigenvalue weighted by molar-refractivity contribution is 0.377. The summed E-state index contributed by atoms with van der Waals surface area (Å²) in [5.74, 6) is 3.59. The molecule has 0 radical (unpaired) electrons. The van der Waals surface area contributed by atoms with Gasteiger partial charge >= 0.3 is 6.01 Å². The van der Waals surface area contributed by atoms with Crippen LogP contribution in [-0.2, 0) is 13.0 Å². The largest absolute Gasteiger partial charge is 0.467 e. The van der Waals surface area contributed by atoms with Crippen LogP contribution >= 0.6 is 23.2 Å². The van der Waals surface area contributed by atoms with E-state index < -0.39 is 0 Å². The van der Waals surface area contributed by atoms with Crippen LogP contribution in [0.4, 0.5) is 0 Å². The van der Waals surface area contributed by atoms with Crippen molar-refractivity contribution in [2.24, 2.45) is 11.7 Å². The van der Waals surface area contributed by atoms with Gasteiger partial charge in [-0.1, -0.05) is 55.1 Å². The maximum Gasteiger partial charge on any atom is 0.319 e. The van der Waals surface area contributed by atoms with Crippen molar-refractivity contribution in [3.63, 3.8) is 0 Å². The Morgan fingerprint density at radius 1 is 1.32 bits per heavy atom. The number of allylic oxidation sites excluding steroid dienone is 4. The van der Waals surface area contributed by atoms with Gasteiger partial charge in [-0.3, -0.25) is 0 Å². The van der Waals surface area contributed by atoms with Crippen LogP contribution in [0.5, 0.6) is 6.01 Å².